The highest BCUT2D eigenvalue weighted by atomic mass is 35.5. The van der Waals surface area contributed by atoms with E-state index in [0.717, 1.165) is 22.6 Å². The second kappa shape index (κ2) is 4.87. The van der Waals surface area contributed by atoms with E-state index >= 15 is 0 Å². The first-order valence-corrected chi connectivity index (χ1v) is 6.46. The fourth-order valence-corrected chi connectivity index (χ4v) is 2.32. The molecule has 0 saturated heterocycles. The number of nitrogens with zero attached hydrogens (tertiary/aromatic N) is 3. The first kappa shape index (κ1) is 12.5. The number of nitriles is 1. The van der Waals surface area contributed by atoms with Crippen molar-refractivity contribution in [1.82, 2.24) is 9.38 Å². The molecule has 0 aliphatic carbocycles. The van der Waals surface area contributed by atoms with Crippen LogP contribution in [0.3, 0.4) is 0 Å². The lowest BCUT2D eigenvalue weighted by Gasteiger charge is -2.02. The van der Waals surface area contributed by atoms with E-state index in [4.69, 9.17) is 22.6 Å². The lowest BCUT2D eigenvalue weighted by molar-refractivity contribution is 1.06. The Bertz CT molecular complexity index is 812. The van der Waals surface area contributed by atoms with Crippen LogP contribution in [0.15, 0.2) is 42.6 Å². The molecule has 1 aromatic carbocycles. The number of benzene rings is 1. The summed E-state index contributed by atoms with van der Waals surface area (Å²) in [5.41, 5.74) is 9.77. The van der Waals surface area contributed by atoms with Gasteiger partial charge in [0.15, 0.2) is 0 Å². The summed E-state index contributed by atoms with van der Waals surface area (Å²) in [4.78, 5) is 4.59. The molecule has 0 aliphatic heterocycles. The van der Waals surface area contributed by atoms with Crippen LogP contribution in [0.25, 0.3) is 16.9 Å². The van der Waals surface area contributed by atoms with Crippen LogP contribution in [-0.2, 0) is 6.42 Å². The third-order valence-electron chi connectivity index (χ3n) is 3.10. The molecule has 3 rings (SSSR count). The molecule has 0 atom stereocenters. The maximum Gasteiger partial charge on any atom is 0.137 e. The predicted molar refractivity (Wildman–Crippen MR) is 79.4 cm³/mol. The van der Waals surface area contributed by atoms with E-state index in [1.165, 1.54) is 0 Å². The summed E-state index contributed by atoms with van der Waals surface area (Å²) < 4.78 is 1.86. The molecule has 2 N–H and O–H groups in total. The highest BCUT2D eigenvalue weighted by Crippen LogP contribution is 2.26. The normalized spacial score (nSPS) is 10.6. The van der Waals surface area contributed by atoms with Crippen molar-refractivity contribution in [1.29, 1.82) is 5.26 Å². The summed E-state index contributed by atoms with van der Waals surface area (Å²) in [6.45, 7) is 0. The molecule has 2 heterocycles. The molecule has 0 spiro atoms. The monoisotopic (exact) mass is 282 g/mol. The Balaban J connectivity index is 2.26. The second-order valence-corrected chi connectivity index (χ2v) is 4.88. The molecule has 2 aromatic heterocycles. The summed E-state index contributed by atoms with van der Waals surface area (Å²) in [7, 11) is 0. The molecule has 0 unspecified atom stereocenters. The Kier molecular flexibility index (Phi) is 3.05. The first-order valence-electron chi connectivity index (χ1n) is 6.08. The Morgan fingerprint density at radius 1 is 1.20 bits per heavy atom. The molecule has 0 amide bonds. The highest BCUT2D eigenvalue weighted by Gasteiger charge is 2.13. The van der Waals surface area contributed by atoms with Gasteiger partial charge < -0.3 is 10.1 Å². The minimum absolute atomic E-state index is 0.266. The number of rotatable bonds is 2. The molecule has 4 nitrogen and oxygen atoms in total. The van der Waals surface area contributed by atoms with Gasteiger partial charge in [0, 0.05) is 22.5 Å². The van der Waals surface area contributed by atoms with Gasteiger partial charge in [0.1, 0.15) is 5.65 Å². The van der Waals surface area contributed by atoms with E-state index in [0.29, 0.717) is 10.7 Å². The van der Waals surface area contributed by atoms with Gasteiger partial charge in [0.2, 0.25) is 0 Å². The fourth-order valence-electron chi connectivity index (χ4n) is 2.19. The standard InChI is InChI=1S/C15H11ClN4/c16-11-3-1-10(2-4-11)15-13(7-8-17)20-9-12(18)5-6-14(20)19-15/h1-6,9H,7,18H2. The molecular formula is C15H11ClN4. The first-order chi connectivity index (χ1) is 9.69. The molecule has 0 fully saturated rings. The number of pyridine rings is 1. The molecule has 98 valence electrons. The van der Waals surface area contributed by atoms with Crippen LogP contribution >= 0.6 is 11.6 Å². The Morgan fingerprint density at radius 3 is 2.65 bits per heavy atom. The van der Waals surface area contributed by atoms with Crippen molar-refractivity contribution in [2.45, 2.75) is 6.42 Å². The molecule has 3 aromatic rings. The second-order valence-electron chi connectivity index (χ2n) is 4.44. The maximum atomic E-state index is 9.04. The van der Waals surface area contributed by atoms with Crippen molar-refractivity contribution in [2.24, 2.45) is 0 Å². The largest absolute Gasteiger partial charge is 0.398 e. The van der Waals surface area contributed by atoms with E-state index in [2.05, 4.69) is 11.1 Å². The van der Waals surface area contributed by atoms with Crippen LogP contribution in [0.1, 0.15) is 5.69 Å². The quantitative estimate of drug-likeness (QED) is 0.784. The zero-order valence-corrected chi connectivity index (χ0v) is 11.3. The van der Waals surface area contributed by atoms with E-state index in [1.807, 2.05) is 34.7 Å². The zero-order valence-electron chi connectivity index (χ0n) is 10.5. The van der Waals surface area contributed by atoms with E-state index in [1.54, 1.807) is 12.3 Å². The number of halogens is 1. The summed E-state index contributed by atoms with van der Waals surface area (Å²) in [5.74, 6) is 0. The summed E-state index contributed by atoms with van der Waals surface area (Å²) >= 11 is 5.91. The zero-order chi connectivity index (χ0) is 14.1. The number of imidazole rings is 1. The third kappa shape index (κ3) is 2.09. The van der Waals surface area contributed by atoms with Gasteiger partial charge in [-0.15, -0.1) is 0 Å². The maximum absolute atomic E-state index is 9.04. The average molecular weight is 283 g/mol. The number of nitrogen functional groups attached to an aromatic ring is 1. The van der Waals surface area contributed by atoms with E-state index in [-0.39, 0.29) is 6.42 Å². The molecule has 0 bridgehead atoms. The summed E-state index contributed by atoms with van der Waals surface area (Å²) in [5, 5.41) is 9.71. The van der Waals surface area contributed by atoms with E-state index in [9.17, 15) is 0 Å². The van der Waals surface area contributed by atoms with Crippen molar-refractivity contribution in [3.05, 3.63) is 53.3 Å². The van der Waals surface area contributed by atoms with Gasteiger partial charge in [-0.1, -0.05) is 23.7 Å². The van der Waals surface area contributed by atoms with Gasteiger partial charge in [-0.2, -0.15) is 5.26 Å². The van der Waals surface area contributed by atoms with Gasteiger partial charge in [-0.3, -0.25) is 0 Å². The summed E-state index contributed by atoms with van der Waals surface area (Å²) in [6.07, 6.45) is 2.05. The van der Waals surface area contributed by atoms with Crippen LogP contribution in [-0.4, -0.2) is 9.38 Å². The highest BCUT2D eigenvalue weighted by molar-refractivity contribution is 6.30. The molecule has 0 radical (unpaired) electrons. The summed E-state index contributed by atoms with van der Waals surface area (Å²) in [6, 6.07) is 13.2. The lowest BCUT2D eigenvalue weighted by atomic mass is 10.1. The molecule has 20 heavy (non-hydrogen) atoms. The van der Waals surface area contributed by atoms with Crippen LogP contribution in [0, 0.1) is 11.3 Å². The number of anilines is 1. The molecule has 5 heteroatoms. The molecular weight excluding hydrogens is 272 g/mol. The smallest absolute Gasteiger partial charge is 0.137 e. The van der Waals surface area contributed by atoms with Gasteiger partial charge >= 0.3 is 0 Å². The minimum Gasteiger partial charge on any atom is -0.398 e. The van der Waals surface area contributed by atoms with E-state index < -0.39 is 0 Å². The van der Waals surface area contributed by atoms with Crippen LogP contribution in [0.4, 0.5) is 5.69 Å². The number of hydrogen-bond acceptors (Lipinski definition) is 3. The fraction of sp³-hybridized carbons (Fsp3) is 0.0667. The van der Waals surface area contributed by atoms with Gasteiger partial charge in [-0.25, -0.2) is 4.98 Å². The molecule has 0 aliphatic rings. The minimum atomic E-state index is 0.266. The van der Waals surface area contributed by atoms with Crippen molar-refractivity contribution in [3.63, 3.8) is 0 Å². The third-order valence-corrected chi connectivity index (χ3v) is 3.36. The topological polar surface area (TPSA) is 67.1 Å². The number of hydrogen-bond donors (Lipinski definition) is 1. The Morgan fingerprint density at radius 2 is 1.95 bits per heavy atom. The average Bonchev–Trinajstić information content (AvgIpc) is 2.79. The number of aromatic nitrogens is 2. The SMILES string of the molecule is N#CCc1c(-c2ccc(Cl)cc2)nc2ccc(N)cn12. The number of nitrogens with two attached hydrogens (primary N) is 1. The predicted octanol–water partition coefficient (Wildman–Crippen LogP) is 3.30. The Hall–Kier alpha value is -2.51. The van der Waals surface area contributed by atoms with Gasteiger partial charge in [-0.05, 0) is 24.3 Å². The van der Waals surface area contributed by atoms with Crippen molar-refractivity contribution >= 4 is 22.9 Å². The van der Waals surface area contributed by atoms with Gasteiger partial charge in [0.25, 0.3) is 0 Å². The van der Waals surface area contributed by atoms with Crippen LogP contribution in [0.5, 0.6) is 0 Å². The lowest BCUT2D eigenvalue weighted by Crippen LogP contribution is -1.95. The molecule has 0 saturated carbocycles. The van der Waals surface area contributed by atoms with Crippen LogP contribution in [0.2, 0.25) is 5.02 Å². The van der Waals surface area contributed by atoms with Crippen LogP contribution < -0.4 is 5.73 Å². The Labute approximate surface area is 121 Å². The number of fused-ring (bicyclic) bond motifs is 1. The van der Waals surface area contributed by atoms with Gasteiger partial charge in [0.05, 0.1) is 23.9 Å². The van der Waals surface area contributed by atoms with Crippen molar-refractivity contribution in [2.75, 3.05) is 5.73 Å². The van der Waals surface area contributed by atoms with Crippen molar-refractivity contribution < 1.29 is 0 Å². The van der Waals surface area contributed by atoms with Crippen molar-refractivity contribution in [3.8, 4) is 17.3 Å².